The maximum Gasteiger partial charge on any atom is 0.226 e. The summed E-state index contributed by atoms with van der Waals surface area (Å²) in [6.45, 7) is 6.05. The predicted molar refractivity (Wildman–Crippen MR) is 94.9 cm³/mol. The van der Waals surface area contributed by atoms with Crippen LogP contribution in [-0.2, 0) is 16.0 Å². The molecule has 1 aromatic heterocycles. The summed E-state index contributed by atoms with van der Waals surface area (Å²) >= 11 is 0. The van der Waals surface area contributed by atoms with E-state index in [1.165, 1.54) is 0 Å². The first-order valence-corrected chi connectivity index (χ1v) is 8.01. The van der Waals surface area contributed by atoms with Gasteiger partial charge in [-0.15, -0.1) is 0 Å². The van der Waals surface area contributed by atoms with E-state index < -0.39 is 0 Å². The number of aromatic nitrogens is 1. The van der Waals surface area contributed by atoms with E-state index in [2.05, 4.69) is 15.6 Å². The largest absolute Gasteiger partial charge is 0.355 e. The Morgan fingerprint density at radius 2 is 1.75 bits per heavy atom. The van der Waals surface area contributed by atoms with Gasteiger partial charge in [-0.05, 0) is 38.0 Å². The quantitative estimate of drug-likeness (QED) is 0.858. The summed E-state index contributed by atoms with van der Waals surface area (Å²) in [5.74, 6) is -0.217. The van der Waals surface area contributed by atoms with E-state index in [4.69, 9.17) is 0 Å². The van der Waals surface area contributed by atoms with Gasteiger partial charge in [-0.3, -0.25) is 14.6 Å². The molecule has 0 atom stereocenters. The van der Waals surface area contributed by atoms with Crippen LogP contribution < -0.4 is 10.6 Å². The van der Waals surface area contributed by atoms with Gasteiger partial charge in [0.1, 0.15) is 0 Å². The lowest BCUT2D eigenvalue weighted by molar-refractivity contribution is -0.120. The fourth-order valence-corrected chi connectivity index (χ4v) is 2.57. The smallest absolute Gasteiger partial charge is 0.226 e. The highest BCUT2D eigenvalue weighted by atomic mass is 16.2. The molecule has 2 aromatic rings. The molecule has 0 aliphatic rings. The number of carbonyl (C=O) groups is 2. The molecule has 2 amide bonds. The highest BCUT2D eigenvalue weighted by Gasteiger charge is 2.10. The maximum atomic E-state index is 12.1. The van der Waals surface area contributed by atoms with Crippen LogP contribution in [0.4, 0.5) is 5.69 Å². The Balaban J connectivity index is 1.78. The van der Waals surface area contributed by atoms with Crippen molar-refractivity contribution in [3.63, 3.8) is 0 Å². The Hall–Kier alpha value is -2.69. The summed E-state index contributed by atoms with van der Waals surface area (Å²) in [6, 6.07) is 11.5. The normalized spacial score (nSPS) is 10.3. The molecule has 0 saturated heterocycles. The van der Waals surface area contributed by atoms with E-state index in [1.54, 1.807) is 0 Å². The lowest BCUT2D eigenvalue weighted by Crippen LogP contribution is -2.29. The van der Waals surface area contributed by atoms with Crippen LogP contribution in [0.1, 0.15) is 28.9 Å². The minimum atomic E-state index is -0.133. The second kappa shape index (κ2) is 8.24. The highest BCUT2D eigenvalue weighted by molar-refractivity contribution is 5.92. The number of carbonyl (C=O) groups excluding carboxylic acids is 2. The van der Waals surface area contributed by atoms with Gasteiger partial charge >= 0.3 is 0 Å². The summed E-state index contributed by atoms with van der Waals surface area (Å²) in [7, 11) is 0. The molecule has 0 unspecified atom stereocenters. The molecule has 0 bridgehead atoms. The number of nitrogens with one attached hydrogen (secondary N) is 2. The first-order valence-electron chi connectivity index (χ1n) is 8.01. The predicted octanol–water partition coefficient (Wildman–Crippen LogP) is 2.69. The van der Waals surface area contributed by atoms with Crippen LogP contribution in [0.2, 0.25) is 0 Å². The van der Waals surface area contributed by atoms with Crippen LogP contribution in [0.5, 0.6) is 0 Å². The van der Waals surface area contributed by atoms with E-state index in [-0.39, 0.29) is 18.2 Å². The third-order valence-electron chi connectivity index (χ3n) is 3.67. The molecule has 0 saturated carbocycles. The number of nitrogens with zero attached hydrogens (tertiary/aromatic N) is 1. The molecule has 0 fully saturated rings. The summed E-state index contributed by atoms with van der Waals surface area (Å²) in [4.78, 5) is 28.3. The molecule has 1 aromatic carbocycles. The first kappa shape index (κ1) is 17.7. The van der Waals surface area contributed by atoms with Gasteiger partial charge < -0.3 is 10.6 Å². The molecule has 2 N–H and O–H groups in total. The lowest BCUT2D eigenvalue weighted by atomic mass is 10.1. The third-order valence-corrected chi connectivity index (χ3v) is 3.67. The molecule has 24 heavy (non-hydrogen) atoms. The molecule has 0 radical (unpaired) electrons. The number of aryl methyl sites for hydroxylation is 3. The topological polar surface area (TPSA) is 71.1 Å². The van der Waals surface area contributed by atoms with Gasteiger partial charge in [-0.2, -0.15) is 0 Å². The second-order valence-corrected chi connectivity index (χ2v) is 5.85. The summed E-state index contributed by atoms with van der Waals surface area (Å²) in [6.07, 6.45) is 0.551. The zero-order chi connectivity index (χ0) is 17.5. The molecule has 126 valence electrons. The van der Waals surface area contributed by atoms with E-state index >= 15 is 0 Å². The monoisotopic (exact) mass is 325 g/mol. The van der Waals surface area contributed by atoms with Gasteiger partial charge in [0.15, 0.2) is 0 Å². The average Bonchev–Trinajstić information content (AvgIpc) is 2.52. The minimum Gasteiger partial charge on any atom is -0.355 e. The molecule has 0 aliphatic heterocycles. The third kappa shape index (κ3) is 5.19. The molecule has 0 aliphatic carbocycles. The molecule has 5 heteroatoms. The number of amides is 2. The van der Waals surface area contributed by atoms with Crippen molar-refractivity contribution in [1.29, 1.82) is 0 Å². The Morgan fingerprint density at radius 3 is 2.42 bits per heavy atom. The van der Waals surface area contributed by atoms with Crippen LogP contribution >= 0.6 is 0 Å². The van der Waals surface area contributed by atoms with E-state index in [0.29, 0.717) is 13.0 Å². The average molecular weight is 325 g/mol. The molecular weight excluding hydrogens is 302 g/mol. The lowest BCUT2D eigenvalue weighted by Gasteiger charge is -2.12. The fraction of sp³-hybridized carbons (Fsp3) is 0.316. The molecule has 1 heterocycles. The van der Waals surface area contributed by atoms with Crippen molar-refractivity contribution < 1.29 is 9.59 Å². The van der Waals surface area contributed by atoms with Gasteiger partial charge in [0.2, 0.25) is 11.8 Å². The van der Waals surface area contributed by atoms with Crippen molar-refractivity contribution in [2.75, 3.05) is 11.9 Å². The number of anilines is 1. The number of hydrogen-bond acceptors (Lipinski definition) is 3. The van der Waals surface area contributed by atoms with Crippen molar-refractivity contribution in [1.82, 2.24) is 10.3 Å². The standard InChI is InChI=1S/C19H23N3O2/c1-13-11-14(2)21-15(3)19(13)22-17(23)9-10-20-18(24)12-16-7-5-4-6-8-16/h4-8,11H,9-10,12H2,1-3H3,(H,20,24)(H,22,23). The SMILES string of the molecule is Cc1cc(C)c(NC(=O)CCNC(=O)Cc2ccccc2)c(C)n1. The number of hydrogen-bond donors (Lipinski definition) is 2. The molecule has 2 rings (SSSR count). The van der Waals surface area contributed by atoms with Crippen molar-refractivity contribution in [2.45, 2.75) is 33.6 Å². The molecule has 0 spiro atoms. The zero-order valence-corrected chi connectivity index (χ0v) is 14.3. The van der Waals surface area contributed by atoms with Crippen molar-refractivity contribution in [3.05, 3.63) is 58.9 Å². The van der Waals surface area contributed by atoms with Crippen LogP contribution in [0.3, 0.4) is 0 Å². The second-order valence-electron chi connectivity index (χ2n) is 5.85. The number of benzene rings is 1. The Kier molecular flexibility index (Phi) is 6.07. The highest BCUT2D eigenvalue weighted by Crippen LogP contribution is 2.19. The van der Waals surface area contributed by atoms with E-state index in [1.807, 2.05) is 57.2 Å². The number of rotatable bonds is 6. The summed E-state index contributed by atoms with van der Waals surface area (Å²) in [5, 5.41) is 5.65. The number of pyridine rings is 1. The van der Waals surface area contributed by atoms with Crippen LogP contribution in [-0.4, -0.2) is 23.3 Å². The Morgan fingerprint density at radius 1 is 1.04 bits per heavy atom. The van der Waals surface area contributed by atoms with Gasteiger partial charge in [0, 0.05) is 18.7 Å². The van der Waals surface area contributed by atoms with Crippen LogP contribution in [0.15, 0.2) is 36.4 Å². The van der Waals surface area contributed by atoms with Crippen molar-refractivity contribution in [2.24, 2.45) is 0 Å². The minimum absolute atomic E-state index is 0.0848. The molecular formula is C19H23N3O2. The fourth-order valence-electron chi connectivity index (χ4n) is 2.57. The van der Waals surface area contributed by atoms with Gasteiger partial charge in [0.25, 0.3) is 0 Å². The Bertz CT molecular complexity index is 704. The van der Waals surface area contributed by atoms with Gasteiger partial charge in [-0.1, -0.05) is 30.3 Å². The summed E-state index contributed by atoms with van der Waals surface area (Å²) in [5.41, 5.74) is 4.42. The Labute approximate surface area is 142 Å². The van der Waals surface area contributed by atoms with E-state index in [0.717, 1.165) is 28.2 Å². The molecule has 5 nitrogen and oxygen atoms in total. The van der Waals surface area contributed by atoms with Gasteiger partial charge in [-0.25, -0.2) is 0 Å². The van der Waals surface area contributed by atoms with E-state index in [9.17, 15) is 9.59 Å². The van der Waals surface area contributed by atoms with Crippen LogP contribution in [0.25, 0.3) is 0 Å². The van der Waals surface area contributed by atoms with Crippen molar-refractivity contribution >= 4 is 17.5 Å². The van der Waals surface area contributed by atoms with Gasteiger partial charge in [0.05, 0.1) is 17.8 Å². The van der Waals surface area contributed by atoms with Crippen molar-refractivity contribution in [3.8, 4) is 0 Å². The first-order chi connectivity index (χ1) is 11.5. The zero-order valence-electron chi connectivity index (χ0n) is 14.3. The van der Waals surface area contributed by atoms with Crippen LogP contribution in [0, 0.1) is 20.8 Å². The summed E-state index contributed by atoms with van der Waals surface area (Å²) < 4.78 is 0. The maximum absolute atomic E-state index is 12.1.